The molecule has 1 aliphatic heterocycles. The van der Waals surface area contributed by atoms with Gasteiger partial charge in [0, 0.05) is 52.7 Å². The number of ketones is 1. The van der Waals surface area contributed by atoms with Crippen molar-refractivity contribution in [3.63, 3.8) is 0 Å². The fourth-order valence-electron chi connectivity index (χ4n) is 3.26. The van der Waals surface area contributed by atoms with E-state index in [-0.39, 0.29) is 29.6 Å². The van der Waals surface area contributed by atoms with Crippen LogP contribution < -0.4 is 29.6 Å². The standard InChI is InChI=1S/C10H19NO.C6H10O.C4H6O4.C2H3BO2.Na/c1-2-9-7-10(8-9)11-3-5-12-6-4-11;1-2-5-3-6(7)4-5;1-3(5)7-8-4(2)6;1-2(4)5-3;/h9-10H,2-8H2,1H3;5H,2-4H2,1H3;1-2H3;1H3;/q;;;-1;+1. The molecular weight excluding hydrogens is 440 g/mol. The van der Waals surface area contributed by atoms with Crippen molar-refractivity contribution in [2.24, 2.45) is 11.8 Å². The summed E-state index contributed by atoms with van der Waals surface area (Å²) in [6, 6.07) is 0.902. The Kier molecular flexibility index (Phi) is 21.2. The third-order valence-corrected chi connectivity index (χ3v) is 5.40. The number of morpholine rings is 1. The summed E-state index contributed by atoms with van der Waals surface area (Å²) in [6.45, 7) is 12.2. The van der Waals surface area contributed by atoms with Gasteiger partial charge in [-0.05, 0) is 24.7 Å². The van der Waals surface area contributed by atoms with Crippen LogP contribution in [0.3, 0.4) is 0 Å². The number of hydrogen-bond acceptors (Lipinski definition) is 9. The van der Waals surface area contributed by atoms with Gasteiger partial charge in [0.15, 0.2) is 0 Å². The van der Waals surface area contributed by atoms with Gasteiger partial charge in [-0.1, -0.05) is 26.7 Å². The van der Waals surface area contributed by atoms with Gasteiger partial charge in [0.05, 0.1) is 13.2 Å². The number of hydrogen-bond donors (Lipinski definition) is 0. The first-order valence-electron chi connectivity index (χ1n) is 11.2. The molecule has 9 nitrogen and oxygen atoms in total. The first-order valence-corrected chi connectivity index (χ1v) is 11.2. The second-order valence-corrected chi connectivity index (χ2v) is 8.03. The smallest absolute Gasteiger partial charge is 0.793 e. The molecule has 3 fully saturated rings. The Bertz CT molecular complexity index is 559. The monoisotopic (exact) mass is 478 g/mol. The van der Waals surface area contributed by atoms with E-state index in [1.807, 2.05) is 0 Å². The van der Waals surface area contributed by atoms with Crippen molar-refractivity contribution in [2.75, 3.05) is 26.3 Å². The van der Waals surface area contributed by atoms with E-state index in [0.717, 1.165) is 57.8 Å². The zero-order valence-electron chi connectivity index (χ0n) is 21.1. The van der Waals surface area contributed by atoms with Crippen LogP contribution in [-0.4, -0.2) is 69.0 Å². The van der Waals surface area contributed by atoms with E-state index in [4.69, 9.17) is 4.74 Å². The molecule has 0 aromatic heterocycles. The first-order chi connectivity index (χ1) is 15.1. The minimum absolute atomic E-state index is 0. The predicted molar refractivity (Wildman–Crippen MR) is 118 cm³/mol. The number of ether oxygens (including phenoxy) is 1. The molecule has 0 bridgehead atoms. The maximum atomic E-state index is 10.3. The van der Waals surface area contributed by atoms with Crippen LogP contribution in [0.1, 0.15) is 73.1 Å². The molecular formula is C22H38BNNaO8. The summed E-state index contributed by atoms with van der Waals surface area (Å²) in [5, 5.41) is 0. The third kappa shape index (κ3) is 18.1. The Morgan fingerprint density at radius 3 is 1.61 bits per heavy atom. The topological polar surface area (TPSA) is 108 Å². The molecule has 0 aromatic rings. The van der Waals surface area contributed by atoms with E-state index in [1.165, 1.54) is 45.7 Å². The summed E-state index contributed by atoms with van der Waals surface area (Å²) >= 11 is 0. The predicted octanol–water partition coefficient (Wildman–Crippen LogP) is -0.453. The van der Waals surface area contributed by atoms with Gasteiger partial charge >= 0.3 is 41.5 Å². The van der Waals surface area contributed by atoms with Gasteiger partial charge in [0.1, 0.15) is 5.78 Å². The fraction of sp³-hybridized carbons (Fsp3) is 0.818. The minimum Gasteiger partial charge on any atom is -0.793 e. The molecule has 1 saturated heterocycles. The van der Waals surface area contributed by atoms with Gasteiger partial charge in [-0.3, -0.25) is 14.5 Å². The molecule has 3 aliphatic rings. The second-order valence-electron chi connectivity index (χ2n) is 8.03. The normalized spacial score (nSPS) is 21.3. The molecule has 2 saturated carbocycles. The molecule has 0 atom stereocenters. The van der Waals surface area contributed by atoms with E-state index in [1.54, 1.807) is 0 Å². The van der Waals surface area contributed by atoms with E-state index >= 15 is 0 Å². The van der Waals surface area contributed by atoms with Crippen molar-refractivity contribution in [3.8, 4) is 0 Å². The van der Waals surface area contributed by atoms with Gasteiger partial charge in [-0.25, -0.2) is 19.4 Å². The van der Waals surface area contributed by atoms with Gasteiger partial charge in [0.25, 0.3) is 0 Å². The maximum Gasteiger partial charge on any atom is 1.00 e. The second kappa shape index (κ2) is 20.4. The third-order valence-electron chi connectivity index (χ3n) is 5.40. The average Bonchev–Trinajstić information content (AvgIpc) is 2.71. The van der Waals surface area contributed by atoms with Gasteiger partial charge in [-0.2, -0.15) is 0 Å². The molecule has 3 radical (unpaired) electrons. The molecule has 183 valence electrons. The quantitative estimate of drug-likeness (QED) is 0.303. The van der Waals surface area contributed by atoms with E-state index < -0.39 is 17.9 Å². The van der Waals surface area contributed by atoms with Crippen molar-refractivity contribution in [3.05, 3.63) is 0 Å². The molecule has 11 heteroatoms. The van der Waals surface area contributed by atoms with Gasteiger partial charge < -0.3 is 17.4 Å². The summed E-state index contributed by atoms with van der Waals surface area (Å²) < 4.78 is 8.94. The Morgan fingerprint density at radius 2 is 1.33 bits per heavy atom. The number of Topliss-reactive ketones (excluding diaryl/α,β-unsaturated/α-hetero) is 1. The van der Waals surface area contributed by atoms with Crippen LogP contribution in [0.2, 0.25) is 0 Å². The van der Waals surface area contributed by atoms with Crippen molar-refractivity contribution in [2.45, 2.75) is 79.2 Å². The molecule has 0 spiro atoms. The Morgan fingerprint density at radius 1 is 0.909 bits per heavy atom. The van der Waals surface area contributed by atoms with Crippen LogP contribution in [-0.2, 0) is 38.3 Å². The van der Waals surface area contributed by atoms with Crippen molar-refractivity contribution >= 4 is 31.7 Å². The average molecular weight is 478 g/mol. The Balaban J connectivity index is 0. The zero-order chi connectivity index (χ0) is 24.5. The van der Waals surface area contributed by atoms with Gasteiger partial charge in [0.2, 0.25) is 5.97 Å². The van der Waals surface area contributed by atoms with E-state index in [9.17, 15) is 19.2 Å². The molecule has 2 aliphatic carbocycles. The summed E-state index contributed by atoms with van der Waals surface area (Å²) in [5.74, 6) is 0.475. The van der Waals surface area contributed by atoms with Crippen molar-refractivity contribution in [1.29, 1.82) is 0 Å². The van der Waals surface area contributed by atoms with Crippen molar-refractivity contribution < 1.29 is 67.9 Å². The van der Waals surface area contributed by atoms with Crippen LogP contribution in [0.4, 0.5) is 0 Å². The Labute approximate surface area is 221 Å². The number of rotatable bonds is 3. The van der Waals surface area contributed by atoms with Crippen LogP contribution in [0.15, 0.2) is 0 Å². The molecule has 0 aromatic carbocycles. The van der Waals surface area contributed by atoms with Crippen LogP contribution in [0.25, 0.3) is 0 Å². The number of carbonyl (C=O) groups is 4. The molecule has 33 heavy (non-hydrogen) atoms. The fourth-order valence-corrected chi connectivity index (χ4v) is 3.26. The summed E-state index contributed by atoms with van der Waals surface area (Å²) in [4.78, 5) is 49.7. The van der Waals surface area contributed by atoms with Gasteiger partial charge in [-0.15, -0.1) is 0 Å². The SMILES string of the molecule is CC(=O)OOC(C)=O.CCC1CC(=O)C1.CCC1CC(N2CCOCC2)C1.[B-]OC(C)=O.[Na+]. The molecule has 0 N–H and O–H groups in total. The van der Waals surface area contributed by atoms with E-state index in [0.29, 0.717) is 5.78 Å². The van der Waals surface area contributed by atoms with Crippen LogP contribution in [0.5, 0.6) is 0 Å². The Hall–Kier alpha value is -0.935. The minimum atomic E-state index is -0.639. The van der Waals surface area contributed by atoms with E-state index in [2.05, 4.69) is 41.2 Å². The number of carbonyl (C=O) groups excluding carboxylic acids is 4. The van der Waals surface area contributed by atoms with Crippen LogP contribution in [0, 0.1) is 11.8 Å². The maximum absolute atomic E-state index is 10.3. The van der Waals surface area contributed by atoms with Crippen molar-refractivity contribution in [1.82, 2.24) is 4.90 Å². The summed E-state index contributed by atoms with van der Waals surface area (Å²) in [5.41, 5.74) is 0. The van der Waals surface area contributed by atoms with Crippen LogP contribution >= 0.6 is 0 Å². The molecule has 0 amide bonds. The first kappa shape index (κ1) is 34.2. The molecule has 0 unspecified atom stereocenters. The molecule has 3 rings (SSSR count). The summed E-state index contributed by atoms with van der Waals surface area (Å²) in [6.07, 6.45) is 7.16. The summed E-state index contributed by atoms with van der Waals surface area (Å²) in [7, 11) is 4.32. The molecule has 1 heterocycles. The largest absolute Gasteiger partial charge is 1.00 e. The zero-order valence-corrected chi connectivity index (χ0v) is 23.1. The number of nitrogens with zero attached hydrogens (tertiary/aromatic N) is 1.